The van der Waals surface area contributed by atoms with E-state index in [1.54, 1.807) is 48.5 Å². The highest BCUT2D eigenvalue weighted by molar-refractivity contribution is 6.03. The number of pyridine rings is 1. The van der Waals surface area contributed by atoms with E-state index in [1.807, 2.05) is 0 Å². The third-order valence-corrected chi connectivity index (χ3v) is 3.56. The number of anilines is 1. The maximum Gasteiger partial charge on any atom is 0.341 e. The van der Waals surface area contributed by atoms with Crippen molar-refractivity contribution in [3.8, 4) is 17.0 Å². The minimum atomic E-state index is -1.09. The number of nitrogens with one attached hydrogen (secondary N) is 1. The van der Waals surface area contributed by atoms with Crippen LogP contribution in [-0.2, 0) is 4.79 Å². The van der Waals surface area contributed by atoms with Crippen molar-refractivity contribution in [2.75, 3.05) is 11.9 Å². The van der Waals surface area contributed by atoms with Gasteiger partial charge in [0.1, 0.15) is 17.3 Å². The van der Waals surface area contributed by atoms with Gasteiger partial charge in [0.15, 0.2) is 6.61 Å². The van der Waals surface area contributed by atoms with Gasteiger partial charge in [-0.3, -0.25) is 4.79 Å². The Hall–Kier alpha value is -3.74. The van der Waals surface area contributed by atoms with E-state index < -0.39 is 18.5 Å². The highest BCUT2D eigenvalue weighted by Gasteiger charge is 2.10. The molecule has 7 heteroatoms. The maximum atomic E-state index is 13.4. The summed E-state index contributed by atoms with van der Waals surface area (Å²) in [7, 11) is 0. The summed E-state index contributed by atoms with van der Waals surface area (Å²) < 4.78 is 18.5. The highest BCUT2D eigenvalue weighted by Crippen LogP contribution is 2.20. The van der Waals surface area contributed by atoms with Gasteiger partial charge in [0.25, 0.3) is 5.91 Å². The number of aliphatic carboxylic acids is 1. The fourth-order valence-corrected chi connectivity index (χ4v) is 2.37. The molecule has 2 aromatic carbocycles. The molecule has 2 N–H and O–H groups in total. The van der Waals surface area contributed by atoms with Gasteiger partial charge in [-0.2, -0.15) is 0 Å². The zero-order chi connectivity index (χ0) is 19.2. The van der Waals surface area contributed by atoms with Crippen LogP contribution >= 0.6 is 0 Å². The average molecular weight is 366 g/mol. The number of amides is 1. The predicted octanol–water partition coefficient (Wildman–Crippen LogP) is 3.60. The van der Waals surface area contributed by atoms with E-state index >= 15 is 0 Å². The van der Waals surface area contributed by atoms with E-state index in [0.717, 1.165) is 0 Å². The maximum absolute atomic E-state index is 13.4. The number of hydrogen-bond acceptors (Lipinski definition) is 4. The first kappa shape index (κ1) is 18.1. The van der Waals surface area contributed by atoms with E-state index in [4.69, 9.17) is 9.84 Å². The summed E-state index contributed by atoms with van der Waals surface area (Å²) in [5, 5.41) is 11.3. The highest BCUT2D eigenvalue weighted by atomic mass is 19.1. The Morgan fingerprint density at radius 1 is 1.04 bits per heavy atom. The van der Waals surface area contributed by atoms with Gasteiger partial charge in [-0.05, 0) is 36.4 Å². The minimum absolute atomic E-state index is 0.161. The van der Waals surface area contributed by atoms with Gasteiger partial charge in [-0.1, -0.05) is 24.3 Å². The Balaban J connectivity index is 1.76. The first-order chi connectivity index (χ1) is 13.0. The topological polar surface area (TPSA) is 88.5 Å². The molecule has 0 bridgehead atoms. The molecule has 0 fully saturated rings. The molecule has 1 aromatic heterocycles. The Kier molecular flexibility index (Phi) is 5.41. The van der Waals surface area contributed by atoms with Crippen LogP contribution in [0.2, 0.25) is 0 Å². The zero-order valence-corrected chi connectivity index (χ0v) is 14.1. The Bertz CT molecular complexity index is 991. The molecule has 0 saturated carbocycles. The van der Waals surface area contributed by atoms with E-state index in [0.29, 0.717) is 22.7 Å². The number of carbonyl (C=O) groups is 2. The molecule has 0 aliphatic carbocycles. The molecule has 0 atom stereocenters. The van der Waals surface area contributed by atoms with Crippen molar-refractivity contribution in [2.24, 2.45) is 0 Å². The van der Waals surface area contributed by atoms with Gasteiger partial charge in [-0.15, -0.1) is 0 Å². The van der Waals surface area contributed by atoms with E-state index in [1.165, 1.54) is 18.2 Å². The predicted molar refractivity (Wildman–Crippen MR) is 97.2 cm³/mol. The first-order valence-corrected chi connectivity index (χ1v) is 8.00. The molecule has 6 nitrogen and oxygen atoms in total. The molecular weight excluding hydrogens is 351 g/mol. The van der Waals surface area contributed by atoms with Crippen molar-refractivity contribution in [1.29, 1.82) is 0 Å². The van der Waals surface area contributed by atoms with Crippen LogP contribution < -0.4 is 10.1 Å². The van der Waals surface area contributed by atoms with Gasteiger partial charge in [0.2, 0.25) is 0 Å². The smallest absolute Gasteiger partial charge is 0.341 e. The van der Waals surface area contributed by atoms with Crippen LogP contribution in [0.25, 0.3) is 11.3 Å². The number of carbonyl (C=O) groups excluding carboxylic acids is 1. The Morgan fingerprint density at radius 3 is 2.59 bits per heavy atom. The number of nitrogens with zero attached hydrogens (tertiary/aromatic N) is 1. The van der Waals surface area contributed by atoms with Crippen molar-refractivity contribution < 1.29 is 23.8 Å². The lowest BCUT2D eigenvalue weighted by Crippen LogP contribution is -2.14. The second kappa shape index (κ2) is 8.09. The summed E-state index contributed by atoms with van der Waals surface area (Å²) in [5.41, 5.74) is 1.63. The zero-order valence-electron chi connectivity index (χ0n) is 14.1. The average Bonchev–Trinajstić information content (AvgIpc) is 2.67. The molecule has 1 amide bonds. The van der Waals surface area contributed by atoms with Crippen molar-refractivity contribution in [2.45, 2.75) is 0 Å². The molecule has 1 heterocycles. The summed E-state index contributed by atoms with van der Waals surface area (Å²) >= 11 is 0. The summed E-state index contributed by atoms with van der Waals surface area (Å²) in [6, 6.07) is 17.2. The fourth-order valence-electron chi connectivity index (χ4n) is 2.37. The van der Waals surface area contributed by atoms with E-state index in [2.05, 4.69) is 10.3 Å². The molecular formula is C20H15FN2O4. The number of carboxylic acids is 1. The van der Waals surface area contributed by atoms with Crippen molar-refractivity contribution in [3.05, 3.63) is 78.2 Å². The molecule has 0 saturated heterocycles. The van der Waals surface area contributed by atoms with Crippen LogP contribution in [0.1, 0.15) is 10.5 Å². The monoisotopic (exact) mass is 366 g/mol. The first-order valence-electron chi connectivity index (χ1n) is 8.00. The van der Waals surface area contributed by atoms with E-state index in [9.17, 15) is 14.0 Å². The molecule has 0 unspecified atom stereocenters. The molecule has 136 valence electrons. The van der Waals surface area contributed by atoms with Crippen LogP contribution in [-0.4, -0.2) is 28.6 Å². The molecule has 0 aliphatic rings. The molecule has 0 aliphatic heterocycles. The number of hydrogen-bond donors (Lipinski definition) is 2. The molecule has 27 heavy (non-hydrogen) atoms. The third-order valence-electron chi connectivity index (χ3n) is 3.56. The van der Waals surface area contributed by atoms with Crippen LogP contribution in [0.4, 0.5) is 10.1 Å². The number of rotatable bonds is 6. The van der Waals surface area contributed by atoms with Gasteiger partial charge >= 0.3 is 5.97 Å². The summed E-state index contributed by atoms with van der Waals surface area (Å²) in [6.45, 7) is -0.478. The second-order valence-electron chi connectivity index (χ2n) is 5.58. The van der Waals surface area contributed by atoms with Crippen LogP contribution in [0.15, 0.2) is 66.7 Å². The second-order valence-corrected chi connectivity index (χ2v) is 5.58. The van der Waals surface area contributed by atoms with Crippen LogP contribution in [0.5, 0.6) is 5.75 Å². The summed E-state index contributed by atoms with van der Waals surface area (Å²) in [5.74, 6) is -1.62. The van der Waals surface area contributed by atoms with Crippen LogP contribution in [0, 0.1) is 5.82 Å². The van der Waals surface area contributed by atoms with Crippen molar-refractivity contribution in [1.82, 2.24) is 4.98 Å². The summed E-state index contributed by atoms with van der Waals surface area (Å²) in [6.07, 6.45) is 0. The number of carboxylic acid groups (broad SMARTS) is 1. The number of benzene rings is 2. The Morgan fingerprint density at radius 2 is 1.81 bits per heavy atom. The fraction of sp³-hybridized carbons (Fsp3) is 0.0500. The molecule has 0 spiro atoms. The lowest BCUT2D eigenvalue weighted by molar-refractivity contribution is -0.139. The molecule has 3 rings (SSSR count). The van der Waals surface area contributed by atoms with E-state index in [-0.39, 0.29) is 11.5 Å². The van der Waals surface area contributed by atoms with Gasteiger partial charge in [-0.25, -0.2) is 14.2 Å². The summed E-state index contributed by atoms with van der Waals surface area (Å²) in [4.78, 5) is 27.3. The quantitative estimate of drug-likeness (QED) is 0.696. The Labute approximate surface area is 154 Å². The van der Waals surface area contributed by atoms with Crippen molar-refractivity contribution >= 4 is 17.6 Å². The largest absolute Gasteiger partial charge is 0.482 e. The lowest BCUT2D eigenvalue weighted by Gasteiger charge is -2.09. The number of aromatic nitrogens is 1. The lowest BCUT2D eigenvalue weighted by atomic mass is 10.1. The standard InChI is InChI=1S/C20H15FN2O4/c21-14-5-1-4-13(10-14)17-8-3-9-18(23-17)20(26)22-15-6-2-7-16(11-15)27-12-19(24)25/h1-11H,12H2,(H,22,26)(H,24,25). The van der Waals surface area contributed by atoms with Gasteiger partial charge in [0, 0.05) is 17.3 Å². The third kappa shape index (κ3) is 4.88. The van der Waals surface area contributed by atoms with Gasteiger partial charge < -0.3 is 15.2 Å². The SMILES string of the molecule is O=C(O)COc1cccc(NC(=O)c2cccc(-c3cccc(F)c3)n2)c1. The molecule has 0 radical (unpaired) electrons. The van der Waals surface area contributed by atoms with Crippen molar-refractivity contribution in [3.63, 3.8) is 0 Å². The minimum Gasteiger partial charge on any atom is -0.482 e. The number of halogens is 1. The van der Waals surface area contributed by atoms with Gasteiger partial charge in [0.05, 0.1) is 5.69 Å². The normalized spacial score (nSPS) is 10.3. The number of ether oxygens (including phenoxy) is 1. The van der Waals surface area contributed by atoms with Crippen LogP contribution in [0.3, 0.4) is 0 Å². The molecule has 3 aromatic rings.